The first-order chi connectivity index (χ1) is 6.85. The summed E-state index contributed by atoms with van der Waals surface area (Å²) in [5.74, 6) is 0. The van der Waals surface area contributed by atoms with Gasteiger partial charge in [-0.2, -0.15) is 0 Å². The maximum Gasteiger partial charge on any atom is 0.0544 e. The Morgan fingerprint density at radius 1 is 1.14 bits per heavy atom. The maximum absolute atomic E-state index is 8.07. The van der Waals surface area contributed by atoms with E-state index in [1.54, 1.807) is 5.19 Å². The van der Waals surface area contributed by atoms with Crippen molar-refractivity contribution in [3.8, 4) is 0 Å². The fourth-order valence-corrected chi connectivity index (χ4v) is 2.27. The fourth-order valence-electron chi connectivity index (χ4n) is 1.09. The van der Waals surface area contributed by atoms with Gasteiger partial charge in [-0.1, -0.05) is 61.8 Å². The predicted molar refractivity (Wildman–Crippen MR) is 67.1 cm³/mol. The Labute approximate surface area is 90.0 Å². The van der Waals surface area contributed by atoms with Crippen LogP contribution in [0, 0.1) is 0 Å². The van der Waals surface area contributed by atoms with Gasteiger partial charge in [0.05, 0.1) is 9.52 Å². The van der Waals surface area contributed by atoms with Crippen LogP contribution in [0.5, 0.6) is 0 Å². The third-order valence-corrected chi connectivity index (χ3v) is 3.44. The van der Waals surface area contributed by atoms with Gasteiger partial charge >= 0.3 is 0 Å². The second-order valence-corrected chi connectivity index (χ2v) is 5.63. The molecule has 1 rings (SSSR count). The molecule has 0 aliphatic carbocycles. The molecule has 1 N–H and O–H groups in total. The highest BCUT2D eigenvalue weighted by Gasteiger charge is 1.85. The summed E-state index contributed by atoms with van der Waals surface area (Å²) in [6, 6.07) is 12.2. The summed E-state index contributed by atoms with van der Waals surface area (Å²) in [5, 5.41) is 9.65. The molecule has 0 spiro atoms. The summed E-state index contributed by atoms with van der Waals surface area (Å²) in [6.07, 6.45) is 2.04. The molecule has 1 nitrogen and oxygen atoms in total. The van der Waals surface area contributed by atoms with E-state index in [9.17, 15) is 0 Å². The van der Waals surface area contributed by atoms with Crippen LogP contribution < -0.4 is 5.19 Å². The van der Waals surface area contributed by atoms with Crippen LogP contribution in [-0.2, 0) is 0 Å². The second kappa shape index (κ2) is 10.5. The molecule has 14 heavy (non-hydrogen) atoms. The molecule has 0 fully saturated rings. The molecule has 0 saturated heterocycles. The van der Waals surface area contributed by atoms with Gasteiger partial charge in [0, 0.05) is 6.61 Å². The molecule has 0 saturated carbocycles. The Balaban J connectivity index is 0.000000292. The van der Waals surface area contributed by atoms with Crippen LogP contribution in [0.3, 0.4) is 0 Å². The summed E-state index contributed by atoms with van der Waals surface area (Å²) in [6.45, 7) is 4.66. The highest BCUT2D eigenvalue weighted by atomic mass is 28.2. The van der Waals surface area contributed by atoms with Crippen molar-refractivity contribution in [2.75, 3.05) is 6.61 Å². The van der Waals surface area contributed by atoms with E-state index in [2.05, 4.69) is 44.2 Å². The van der Waals surface area contributed by atoms with E-state index < -0.39 is 0 Å². The largest absolute Gasteiger partial charge is 0.396 e. The van der Waals surface area contributed by atoms with Crippen LogP contribution in [-0.4, -0.2) is 21.2 Å². The van der Waals surface area contributed by atoms with Gasteiger partial charge < -0.3 is 5.11 Å². The first kappa shape index (κ1) is 13.4. The standard InChI is InChI=1S/C8H12Si.C4H10O/c1-2-9-8-6-4-3-5-7-8;1-2-3-4-5/h3-7H,2,9H2,1H3;5H,2-4H2,1H3. The molecule has 1 aromatic carbocycles. The minimum absolute atomic E-state index is 0.0990. The Morgan fingerprint density at radius 2 is 1.79 bits per heavy atom. The van der Waals surface area contributed by atoms with Crippen LogP contribution in [0.4, 0.5) is 0 Å². The zero-order chi connectivity index (χ0) is 10.6. The molecule has 1 aromatic rings. The zero-order valence-electron chi connectivity index (χ0n) is 9.37. The first-order valence-electron chi connectivity index (χ1n) is 5.49. The van der Waals surface area contributed by atoms with Gasteiger partial charge in [0.2, 0.25) is 0 Å². The van der Waals surface area contributed by atoms with Gasteiger partial charge in [-0.3, -0.25) is 0 Å². The van der Waals surface area contributed by atoms with E-state index in [1.165, 1.54) is 6.04 Å². The maximum atomic E-state index is 8.07. The van der Waals surface area contributed by atoms with Crippen LogP contribution >= 0.6 is 0 Å². The van der Waals surface area contributed by atoms with E-state index in [0.29, 0.717) is 6.61 Å². The van der Waals surface area contributed by atoms with Crippen molar-refractivity contribution in [2.45, 2.75) is 32.7 Å². The van der Waals surface area contributed by atoms with Crippen LogP contribution in [0.1, 0.15) is 26.7 Å². The predicted octanol–water partition coefficient (Wildman–Crippen LogP) is 1.70. The highest BCUT2D eigenvalue weighted by molar-refractivity contribution is 6.53. The summed E-state index contributed by atoms with van der Waals surface area (Å²) >= 11 is 0. The van der Waals surface area contributed by atoms with Gasteiger partial charge in [0.1, 0.15) is 0 Å². The highest BCUT2D eigenvalue weighted by Crippen LogP contribution is 1.82. The normalized spacial score (nSPS) is 9.93. The smallest absolute Gasteiger partial charge is 0.0544 e. The van der Waals surface area contributed by atoms with Gasteiger partial charge in [-0.15, -0.1) is 0 Å². The number of benzene rings is 1. The topological polar surface area (TPSA) is 20.2 Å². The van der Waals surface area contributed by atoms with Crippen molar-refractivity contribution in [1.82, 2.24) is 0 Å². The van der Waals surface area contributed by atoms with Crippen molar-refractivity contribution in [3.05, 3.63) is 30.3 Å². The minimum Gasteiger partial charge on any atom is -0.396 e. The molecule has 0 aliphatic heterocycles. The molecule has 0 unspecified atom stereocenters. The van der Waals surface area contributed by atoms with Crippen LogP contribution in [0.15, 0.2) is 30.3 Å². The number of aliphatic hydroxyl groups is 1. The molecular weight excluding hydrogens is 188 g/mol. The minimum atomic E-state index is 0.0990. The second-order valence-electron chi connectivity index (χ2n) is 3.31. The van der Waals surface area contributed by atoms with Crippen molar-refractivity contribution in [1.29, 1.82) is 0 Å². The molecule has 0 amide bonds. The Hall–Kier alpha value is -0.603. The van der Waals surface area contributed by atoms with Crippen molar-refractivity contribution in [2.24, 2.45) is 0 Å². The summed E-state index contributed by atoms with van der Waals surface area (Å²) in [4.78, 5) is 0. The van der Waals surface area contributed by atoms with Crippen LogP contribution in [0.2, 0.25) is 6.04 Å². The Morgan fingerprint density at radius 3 is 2.14 bits per heavy atom. The molecule has 0 heterocycles. The number of aliphatic hydroxyl groups excluding tert-OH is 1. The van der Waals surface area contributed by atoms with Crippen molar-refractivity contribution >= 4 is 14.7 Å². The van der Waals surface area contributed by atoms with Crippen molar-refractivity contribution in [3.63, 3.8) is 0 Å². The lowest BCUT2D eigenvalue weighted by molar-refractivity contribution is 0.287. The zero-order valence-corrected chi connectivity index (χ0v) is 10.8. The van der Waals surface area contributed by atoms with E-state index >= 15 is 0 Å². The Bertz CT molecular complexity index is 197. The molecule has 0 bridgehead atoms. The van der Waals surface area contributed by atoms with Crippen LogP contribution in [0.25, 0.3) is 0 Å². The molecule has 2 heteroatoms. The lowest BCUT2D eigenvalue weighted by Gasteiger charge is -1.92. The molecule has 0 aromatic heterocycles. The van der Waals surface area contributed by atoms with Gasteiger partial charge in [0.25, 0.3) is 0 Å². The first-order valence-corrected chi connectivity index (χ1v) is 7.20. The monoisotopic (exact) mass is 210 g/mol. The molecule has 0 radical (unpaired) electrons. The van der Waals surface area contributed by atoms with E-state index in [0.717, 1.165) is 12.8 Å². The third-order valence-electron chi connectivity index (χ3n) is 1.89. The number of hydrogen-bond acceptors (Lipinski definition) is 1. The summed E-state index contributed by atoms with van der Waals surface area (Å²) in [7, 11) is 0.0990. The van der Waals surface area contributed by atoms with Crippen molar-refractivity contribution < 1.29 is 5.11 Å². The van der Waals surface area contributed by atoms with E-state index in [4.69, 9.17) is 5.11 Å². The van der Waals surface area contributed by atoms with E-state index in [1.807, 2.05) is 0 Å². The Kier molecular flexibility index (Phi) is 10.0. The van der Waals surface area contributed by atoms with Gasteiger partial charge in [-0.05, 0) is 6.42 Å². The average molecular weight is 210 g/mol. The third kappa shape index (κ3) is 8.02. The average Bonchev–Trinajstić information content (AvgIpc) is 2.22. The molecular formula is C12H22OSi. The fraction of sp³-hybridized carbons (Fsp3) is 0.500. The lowest BCUT2D eigenvalue weighted by Crippen LogP contribution is -2.10. The van der Waals surface area contributed by atoms with Gasteiger partial charge in [0.15, 0.2) is 0 Å². The molecule has 0 atom stereocenters. The number of hydrogen-bond donors (Lipinski definition) is 1. The number of rotatable bonds is 4. The number of unbranched alkanes of at least 4 members (excludes halogenated alkanes) is 1. The molecule has 0 aliphatic rings. The summed E-state index contributed by atoms with van der Waals surface area (Å²) < 4.78 is 0. The quantitative estimate of drug-likeness (QED) is 0.750. The lowest BCUT2D eigenvalue weighted by atomic mass is 10.4. The van der Waals surface area contributed by atoms with E-state index in [-0.39, 0.29) is 9.52 Å². The molecule has 80 valence electrons. The SMILES string of the molecule is CCCCO.CC[SiH2]c1ccccc1. The van der Waals surface area contributed by atoms with Gasteiger partial charge in [-0.25, -0.2) is 0 Å². The summed E-state index contributed by atoms with van der Waals surface area (Å²) in [5.41, 5.74) is 0.